The average Bonchev–Trinajstić information content (AvgIpc) is 2.58. The predicted molar refractivity (Wildman–Crippen MR) is 64.4 cm³/mol. The molecular weight excluding hydrogens is 244 g/mol. The van der Waals surface area contributed by atoms with Crippen LogP contribution in [0.2, 0.25) is 5.02 Å². The van der Waals surface area contributed by atoms with E-state index < -0.39 is 4.92 Å². The summed E-state index contributed by atoms with van der Waals surface area (Å²) in [7, 11) is 0. The molecule has 2 N–H and O–H groups in total. The third kappa shape index (κ3) is 2.07. The number of nitrogens with zero attached hydrogens (tertiary/aromatic N) is 3. The number of hydrogen-bond acceptors (Lipinski definition) is 4. The number of nitrogen functional groups attached to an aromatic ring is 1. The number of aromatic nitrogens is 2. The SMILES string of the molecule is Cc1nn(-c2ccc([N+](=O)[O-])cc2Cl)cc1N. The number of benzene rings is 1. The van der Waals surface area contributed by atoms with Gasteiger partial charge in [0.2, 0.25) is 0 Å². The first-order valence-corrected chi connectivity index (χ1v) is 5.13. The number of non-ortho nitro benzene ring substituents is 1. The Morgan fingerprint density at radius 2 is 2.24 bits per heavy atom. The van der Waals surface area contributed by atoms with Crippen LogP contribution in [0.5, 0.6) is 0 Å². The quantitative estimate of drug-likeness (QED) is 0.656. The van der Waals surface area contributed by atoms with Gasteiger partial charge in [0.15, 0.2) is 0 Å². The Labute approximate surface area is 102 Å². The van der Waals surface area contributed by atoms with Crippen molar-refractivity contribution < 1.29 is 4.92 Å². The van der Waals surface area contributed by atoms with E-state index in [-0.39, 0.29) is 10.7 Å². The highest BCUT2D eigenvalue weighted by atomic mass is 35.5. The predicted octanol–water partition coefficient (Wildman–Crippen LogP) is 2.32. The highest BCUT2D eigenvalue weighted by Crippen LogP contribution is 2.26. The van der Waals surface area contributed by atoms with Crippen molar-refractivity contribution >= 4 is 23.0 Å². The minimum atomic E-state index is -0.502. The molecule has 0 unspecified atom stereocenters. The summed E-state index contributed by atoms with van der Waals surface area (Å²) in [6.45, 7) is 1.77. The van der Waals surface area contributed by atoms with E-state index in [1.807, 2.05) is 0 Å². The van der Waals surface area contributed by atoms with E-state index in [1.54, 1.807) is 13.1 Å². The average molecular weight is 253 g/mol. The third-order valence-electron chi connectivity index (χ3n) is 2.33. The van der Waals surface area contributed by atoms with Crippen LogP contribution in [-0.4, -0.2) is 14.7 Å². The molecule has 0 radical (unpaired) electrons. The maximum absolute atomic E-state index is 10.6. The Morgan fingerprint density at radius 3 is 2.71 bits per heavy atom. The molecule has 88 valence electrons. The van der Waals surface area contributed by atoms with Gasteiger partial charge in [-0.3, -0.25) is 10.1 Å². The molecule has 6 nitrogen and oxygen atoms in total. The highest BCUT2D eigenvalue weighted by Gasteiger charge is 2.12. The minimum absolute atomic E-state index is 0.0596. The summed E-state index contributed by atoms with van der Waals surface area (Å²) >= 11 is 5.96. The van der Waals surface area contributed by atoms with Crippen molar-refractivity contribution in [2.75, 3.05) is 5.73 Å². The first-order chi connectivity index (χ1) is 7.99. The minimum Gasteiger partial charge on any atom is -0.396 e. The van der Waals surface area contributed by atoms with Crippen molar-refractivity contribution in [1.82, 2.24) is 9.78 Å². The van der Waals surface area contributed by atoms with Crippen molar-refractivity contribution in [3.8, 4) is 5.69 Å². The van der Waals surface area contributed by atoms with Gasteiger partial charge in [0.05, 0.1) is 33.2 Å². The zero-order valence-electron chi connectivity index (χ0n) is 8.92. The lowest BCUT2D eigenvalue weighted by atomic mass is 10.3. The van der Waals surface area contributed by atoms with Crippen LogP contribution in [0.4, 0.5) is 11.4 Å². The fourth-order valence-electron chi connectivity index (χ4n) is 1.39. The molecule has 0 spiro atoms. The number of nitrogens with two attached hydrogens (primary N) is 1. The van der Waals surface area contributed by atoms with Crippen LogP contribution in [0.25, 0.3) is 5.69 Å². The Hall–Kier alpha value is -2.08. The lowest BCUT2D eigenvalue weighted by Gasteiger charge is -2.03. The highest BCUT2D eigenvalue weighted by molar-refractivity contribution is 6.32. The van der Waals surface area contributed by atoms with Gasteiger partial charge in [0, 0.05) is 12.1 Å². The zero-order valence-corrected chi connectivity index (χ0v) is 9.68. The summed E-state index contributed by atoms with van der Waals surface area (Å²) in [5.74, 6) is 0. The van der Waals surface area contributed by atoms with Gasteiger partial charge >= 0.3 is 0 Å². The fourth-order valence-corrected chi connectivity index (χ4v) is 1.65. The van der Waals surface area contributed by atoms with Crippen LogP contribution < -0.4 is 5.73 Å². The largest absolute Gasteiger partial charge is 0.396 e. The molecule has 0 bridgehead atoms. The van der Waals surface area contributed by atoms with Gasteiger partial charge in [-0.05, 0) is 13.0 Å². The maximum Gasteiger partial charge on any atom is 0.271 e. The van der Waals surface area contributed by atoms with E-state index in [1.165, 1.54) is 22.9 Å². The van der Waals surface area contributed by atoms with Crippen molar-refractivity contribution in [2.24, 2.45) is 0 Å². The number of rotatable bonds is 2. The first kappa shape index (κ1) is 11.4. The van der Waals surface area contributed by atoms with E-state index in [0.29, 0.717) is 17.1 Å². The number of aryl methyl sites for hydroxylation is 1. The van der Waals surface area contributed by atoms with Crippen LogP contribution >= 0.6 is 11.6 Å². The summed E-state index contributed by atoms with van der Waals surface area (Å²) < 4.78 is 1.50. The maximum atomic E-state index is 10.6. The molecule has 0 aliphatic rings. The second-order valence-electron chi connectivity index (χ2n) is 3.51. The van der Waals surface area contributed by atoms with Crippen molar-refractivity contribution in [3.63, 3.8) is 0 Å². The molecule has 7 heteroatoms. The number of hydrogen-bond donors (Lipinski definition) is 1. The van der Waals surface area contributed by atoms with Gasteiger partial charge in [-0.15, -0.1) is 0 Å². The molecule has 0 amide bonds. The first-order valence-electron chi connectivity index (χ1n) is 4.75. The van der Waals surface area contributed by atoms with E-state index in [0.717, 1.165) is 0 Å². The molecule has 0 atom stereocenters. The molecule has 1 aromatic carbocycles. The van der Waals surface area contributed by atoms with Gasteiger partial charge in [-0.1, -0.05) is 11.6 Å². The summed E-state index contributed by atoms with van der Waals surface area (Å²) in [4.78, 5) is 10.1. The van der Waals surface area contributed by atoms with Crippen LogP contribution in [0, 0.1) is 17.0 Å². The second kappa shape index (κ2) is 4.06. The van der Waals surface area contributed by atoms with Crippen molar-refractivity contribution in [1.29, 1.82) is 0 Å². The molecule has 0 fully saturated rings. The second-order valence-corrected chi connectivity index (χ2v) is 3.91. The number of nitro benzene ring substituents is 1. The smallest absolute Gasteiger partial charge is 0.271 e. The van der Waals surface area contributed by atoms with E-state index in [4.69, 9.17) is 17.3 Å². The molecule has 0 saturated carbocycles. The molecule has 0 aliphatic heterocycles. The van der Waals surface area contributed by atoms with Crippen LogP contribution in [0.15, 0.2) is 24.4 Å². The molecule has 1 heterocycles. The number of anilines is 1. The van der Waals surface area contributed by atoms with Gasteiger partial charge in [-0.2, -0.15) is 5.10 Å². The van der Waals surface area contributed by atoms with Crippen LogP contribution in [-0.2, 0) is 0 Å². The molecule has 0 saturated heterocycles. The molecule has 17 heavy (non-hydrogen) atoms. The van der Waals surface area contributed by atoms with E-state index in [9.17, 15) is 10.1 Å². The van der Waals surface area contributed by atoms with Gasteiger partial charge in [0.1, 0.15) is 0 Å². The van der Waals surface area contributed by atoms with Crippen LogP contribution in [0.1, 0.15) is 5.69 Å². The van der Waals surface area contributed by atoms with Gasteiger partial charge < -0.3 is 5.73 Å². The van der Waals surface area contributed by atoms with Crippen molar-refractivity contribution in [2.45, 2.75) is 6.92 Å². The number of halogens is 1. The van der Waals surface area contributed by atoms with Gasteiger partial charge in [0.25, 0.3) is 5.69 Å². The molecule has 2 aromatic rings. The normalized spacial score (nSPS) is 10.5. The fraction of sp³-hybridized carbons (Fsp3) is 0.100. The molecular formula is C10H9ClN4O2. The number of nitro groups is 1. The summed E-state index contributed by atoms with van der Waals surface area (Å²) in [5, 5.41) is 15.0. The van der Waals surface area contributed by atoms with Crippen molar-refractivity contribution in [3.05, 3.63) is 45.2 Å². The standard InChI is InChI=1S/C10H9ClN4O2/c1-6-9(12)5-14(13-6)10-3-2-7(15(16)17)4-8(10)11/h2-5H,12H2,1H3. The topological polar surface area (TPSA) is 87.0 Å². The third-order valence-corrected chi connectivity index (χ3v) is 2.63. The van der Waals surface area contributed by atoms with E-state index in [2.05, 4.69) is 5.10 Å². The van der Waals surface area contributed by atoms with Gasteiger partial charge in [-0.25, -0.2) is 4.68 Å². The Balaban J connectivity index is 2.50. The zero-order chi connectivity index (χ0) is 12.6. The summed E-state index contributed by atoms with van der Waals surface area (Å²) in [6, 6.07) is 4.19. The Morgan fingerprint density at radius 1 is 1.53 bits per heavy atom. The molecule has 1 aromatic heterocycles. The monoisotopic (exact) mass is 252 g/mol. The van der Waals surface area contributed by atoms with E-state index >= 15 is 0 Å². The Bertz CT molecular complexity index is 574. The Kier molecular flexibility index (Phi) is 2.72. The van der Waals surface area contributed by atoms with Crippen LogP contribution in [0.3, 0.4) is 0 Å². The lowest BCUT2D eigenvalue weighted by molar-refractivity contribution is -0.384. The summed E-state index contributed by atoms with van der Waals surface area (Å²) in [5.41, 5.74) is 7.39. The lowest BCUT2D eigenvalue weighted by Crippen LogP contribution is -1.97. The summed E-state index contributed by atoms with van der Waals surface area (Å²) in [6.07, 6.45) is 1.61. The molecule has 0 aliphatic carbocycles. The molecule has 2 rings (SSSR count).